The molecule has 1 rings (SSSR count). The number of ketones is 1. The average molecular weight is 306 g/mol. The fourth-order valence-corrected chi connectivity index (χ4v) is 2.15. The molecule has 0 heterocycles. The van der Waals surface area contributed by atoms with Crippen LogP contribution in [0.25, 0.3) is 0 Å². The van der Waals surface area contributed by atoms with Crippen LogP contribution in [-0.4, -0.2) is 10.7 Å². The largest absolute Gasteiger partial charge is 0.398 e. The third-order valence-electron chi connectivity index (χ3n) is 1.70. The summed E-state index contributed by atoms with van der Waals surface area (Å²) in [6, 6.07) is 2.67. The monoisotopic (exact) mass is 306 g/mol. The van der Waals surface area contributed by atoms with Crippen LogP contribution in [-0.2, 0) is 0 Å². The third-order valence-corrected chi connectivity index (χ3v) is 2.79. The van der Waals surface area contributed by atoms with Crippen molar-refractivity contribution in [2.24, 2.45) is 0 Å². The number of anilines is 1. The van der Waals surface area contributed by atoms with Gasteiger partial charge in [-0.1, -0.05) is 0 Å². The quantitative estimate of drug-likeness (QED) is 0.298. The Balaban J connectivity index is 3.49. The van der Waals surface area contributed by atoms with E-state index in [-0.39, 0.29) is 22.7 Å². The van der Waals surface area contributed by atoms with Crippen LogP contribution in [0.4, 0.5) is 11.4 Å². The number of hydrogen-bond donors (Lipinski definition) is 1. The smallest absolute Gasteiger partial charge is 0.283 e. The summed E-state index contributed by atoms with van der Waals surface area (Å²) in [5, 5.41) is 10.6. The molecular formula is C8H7IN2O3. The van der Waals surface area contributed by atoms with E-state index >= 15 is 0 Å². The van der Waals surface area contributed by atoms with Gasteiger partial charge in [-0.2, -0.15) is 0 Å². The molecule has 0 fully saturated rings. The first-order valence-corrected chi connectivity index (χ1v) is 4.76. The summed E-state index contributed by atoms with van der Waals surface area (Å²) in [6.45, 7) is 1.33. The number of nitro benzene ring substituents is 1. The molecule has 0 aliphatic carbocycles. The summed E-state index contributed by atoms with van der Waals surface area (Å²) < 4.78 is 0.292. The number of nitro groups is 1. The molecule has 0 radical (unpaired) electrons. The Hall–Kier alpha value is -1.18. The number of nitrogens with two attached hydrogens (primary N) is 1. The second kappa shape index (κ2) is 3.91. The molecule has 0 bridgehead atoms. The van der Waals surface area contributed by atoms with Crippen molar-refractivity contribution in [3.05, 3.63) is 31.4 Å². The van der Waals surface area contributed by atoms with E-state index in [0.29, 0.717) is 3.57 Å². The number of carbonyl (C=O) groups excluding carboxylic acids is 1. The molecule has 0 atom stereocenters. The zero-order chi connectivity index (χ0) is 10.9. The Kier molecular flexibility index (Phi) is 3.04. The van der Waals surface area contributed by atoms with Crippen LogP contribution in [0.15, 0.2) is 12.1 Å². The highest BCUT2D eigenvalue weighted by molar-refractivity contribution is 14.1. The van der Waals surface area contributed by atoms with Crippen molar-refractivity contribution in [2.45, 2.75) is 6.92 Å². The minimum Gasteiger partial charge on any atom is -0.398 e. The van der Waals surface area contributed by atoms with Gasteiger partial charge in [-0.15, -0.1) is 0 Å². The van der Waals surface area contributed by atoms with E-state index in [1.54, 1.807) is 22.6 Å². The van der Waals surface area contributed by atoms with E-state index in [2.05, 4.69) is 0 Å². The molecule has 2 N–H and O–H groups in total. The number of rotatable bonds is 2. The molecule has 0 saturated heterocycles. The average Bonchev–Trinajstić information content (AvgIpc) is 2.02. The first-order valence-electron chi connectivity index (χ1n) is 3.68. The lowest BCUT2D eigenvalue weighted by Crippen LogP contribution is -2.05. The van der Waals surface area contributed by atoms with Crippen LogP contribution >= 0.6 is 22.6 Å². The summed E-state index contributed by atoms with van der Waals surface area (Å²) in [4.78, 5) is 21.2. The van der Waals surface area contributed by atoms with Crippen LogP contribution in [0.5, 0.6) is 0 Å². The van der Waals surface area contributed by atoms with Gasteiger partial charge in [-0.3, -0.25) is 14.9 Å². The highest BCUT2D eigenvalue weighted by Crippen LogP contribution is 2.28. The molecule has 0 aliphatic rings. The molecule has 0 amide bonds. The fourth-order valence-electron chi connectivity index (χ4n) is 1.08. The van der Waals surface area contributed by atoms with Gasteiger partial charge in [-0.05, 0) is 35.6 Å². The first kappa shape index (κ1) is 10.9. The van der Waals surface area contributed by atoms with Crippen molar-refractivity contribution in [3.63, 3.8) is 0 Å². The van der Waals surface area contributed by atoms with Gasteiger partial charge in [0, 0.05) is 11.8 Å². The van der Waals surface area contributed by atoms with Crippen LogP contribution in [0.2, 0.25) is 0 Å². The van der Waals surface area contributed by atoms with Crippen molar-refractivity contribution < 1.29 is 9.72 Å². The molecule has 1 aromatic rings. The maximum absolute atomic E-state index is 11.2. The van der Waals surface area contributed by atoms with Crippen molar-refractivity contribution in [2.75, 3.05) is 5.73 Å². The summed E-state index contributed by atoms with van der Waals surface area (Å²) in [7, 11) is 0. The van der Waals surface area contributed by atoms with Crippen molar-refractivity contribution in [3.8, 4) is 0 Å². The predicted molar refractivity (Wildman–Crippen MR) is 60.2 cm³/mol. The van der Waals surface area contributed by atoms with Crippen molar-refractivity contribution in [1.82, 2.24) is 0 Å². The molecule has 0 aromatic heterocycles. The fraction of sp³-hybridized carbons (Fsp3) is 0.125. The van der Waals surface area contributed by atoms with Crippen LogP contribution in [0.3, 0.4) is 0 Å². The molecule has 5 nitrogen and oxygen atoms in total. The Morgan fingerprint density at radius 3 is 2.57 bits per heavy atom. The van der Waals surface area contributed by atoms with Gasteiger partial charge in [0.2, 0.25) is 0 Å². The predicted octanol–water partition coefficient (Wildman–Crippen LogP) is 1.98. The van der Waals surface area contributed by atoms with Gasteiger partial charge in [0.05, 0.1) is 10.5 Å². The summed E-state index contributed by atoms with van der Waals surface area (Å²) in [6.07, 6.45) is 0. The van der Waals surface area contributed by atoms with Crippen LogP contribution in [0, 0.1) is 13.7 Å². The number of nitrogens with zero attached hydrogens (tertiary/aromatic N) is 1. The van der Waals surface area contributed by atoms with Gasteiger partial charge < -0.3 is 5.73 Å². The van der Waals surface area contributed by atoms with E-state index < -0.39 is 4.92 Å². The highest BCUT2D eigenvalue weighted by atomic mass is 127. The molecule has 74 valence electrons. The van der Waals surface area contributed by atoms with Gasteiger partial charge in [-0.25, -0.2) is 0 Å². The lowest BCUT2D eigenvalue weighted by atomic mass is 10.1. The van der Waals surface area contributed by atoms with E-state index in [9.17, 15) is 14.9 Å². The minimum absolute atomic E-state index is 0.0926. The van der Waals surface area contributed by atoms with Gasteiger partial charge in [0.1, 0.15) is 3.57 Å². The number of halogens is 1. The number of hydrogen-bond acceptors (Lipinski definition) is 4. The van der Waals surface area contributed by atoms with Gasteiger partial charge >= 0.3 is 0 Å². The minimum atomic E-state index is -0.534. The molecule has 0 spiro atoms. The molecule has 0 unspecified atom stereocenters. The van der Waals surface area contributed by atoms with Crippen molar-refractivity contribution >= 4 is 39.7 Å². The summed E-state index contributed by atoms with van der Waals surface area (Å²) in [5.41, 5.74) is 5.94. The molecule has 0 aliphatic heterocycles. The molecule has 14 heavy (non-hydrogen) atoms. The molecule has 6 heteroatoms. The van der Waals surface area contributed by atoms with E-state index in [1.807, 2.05) is 0 Å². The second-order valence-corrected chi connectivity index (χ2v) is 3.75. The number of benzene rings is 1. The van der Waals surface area contributed by atoms with Gasteiger partial charge in [0.25, 0.3) is 5.69 Å². The lowest BCUT2D eigenvalue weighted by molar-refractivity contribution is -0.385. The Labute approximate surface area is 93.6 Å². The van der Waals surface area contributed by atoms with Crippen molar-refractivity contribution in [1.29, 1.82) is 0 Å². The number of Topliss-reactive ketones (excluding diaryl/α,β-unsaturated/α-hetero) is 1. The third kappa shape index (κ3) is 1.84. The summed E-state index contributed by atoms with van der Waals surface area (Å²) in [5.74, 6) is -0.268. The maximum Gasteiger partial charge on any atom is 0.283 e. The Morgan fingerprint density at radius 2 is 2.14 bits per heavy atom. The first-order chi connectivity index (χ1) is 6.45. The number of nitrogen functional groups attached to an aromatic ring is 1. The zero-order valence-electron chi connectivity index (χ0n) is 7.28. The maximum atomic E-state index is 11.2. The second-order valence-electron chi connectivity index (χ2n) is 2.68. The Morgan fingerprint density at radius 1 is 1.57 bits per heavy atom. The highest BCUT2D eigenvalue weighted by Gasteiger charge is 2.19. The molecule has 1 aromatic carbocycles. The SMILES string of the molecule is CC(=O)c1c(N)ccc([N+](=O)[O-])c1I. The Bertz CT molecular complexity index is 417. The molecule has 0 saturated carbocycles. The van der Waals surface area contributed by atoms with E-state index in [4.69, 9.17) is 5.73 Å². The lowest BCUT2D eigenvalue weighted by Gasteiger charge is -2.04. The van der Waals surface area contributed by atoms with E-state index in [0.717, 1.165) is 0 Å². The normalized spacial score (nSPS) is 9.86. The topological polar surface area (TPSA) is 86.2 Å². The number of carbonyl (C=O) groups is 1. The molecular weight excluding hydrogens is 299 g/mol. The zero-order valence-corrected chi connectivity index (χ0v) is 9.44. The van der Waals surface area contributed by atoms with Gasteiger partial charge in [0.15, 0.2) is 5.78 Å². The van der Waals surface area contributed by atoms with Crippen LogP contribution in [0.1, 0.15) is 17.3 Å². The van der Waals surface area contributed by atoms with Crippen LogP contribution < -0.4 is 5.73 Å². The van der Waals surface area contributed by atoms with E-state index in [1.165, 1.54) is 19.1 Å². The summed E-state index contributed by atoms with van der Waals surface area (Å²) >= 11 is 1.75. The standard InChI is InChI=1S/C8H7IN2O3/c1-4(12)7-5(10)2-3-6(8(7)9)11(13)14/h2-3H,10H2,1H3.